The molecule has 0 fully saturated rings. The standard InChI is InChI=1S/C14H15ClFN3/c1-8-4-5-19-12(6-8)18-13(14(19)17)9-2-3-11(16)10(15)7-9/h2-3,7-8H,4-6,17H2,1H3. The van der Waals surface area contributed by atoms with Gasteiger partial charge in [0.25, 0.3) is 0 Å². The molecule has 0 saturated carbocycles. The molecule has 5 heteroatoms. The van der Waals surface area contributed by atoms with E-state index in [2.05, 4.69) is 11.9 Å². The Morgan fingerprint density at radius 3 is 3.00 bits per heavy atom. The number of fused-ring (bicyclic) bond motifs is 1. The van der Waals surface area contributed by atoms with Crippen LogP contribution in [-0.2, 0) is 13.0 Å². The monoisotopic (exact) mass is 279 g/mol. The molecule has 0 bridgehead atoms. The van der Waals surface area contributed by atoms with Gasteiger partial charge in [0.15, 0.2) is 0 Å². The third kappa shape index (κ3) is 2.10. The van der Waals surface area contributed by atoms with Crippen LogP contribution in [0.5, 0.6) is 0 Å². The van der Waals surface area contributed by atoms with Crippen molar-refractivity contribution in [2.75, 3.05) is 5.73 Å². The van der Waals surface area contributed by atoms with E-state index in [1.807, 2.05) is 4.57 Å². The minimum atomic E-state index is -0.429. The van der Waals surface area contributed by atoms with E-state index >= 15 is 0 Å². The van der Waals surface area contributed by atoms with Crippen molar-refractivity contribution in [2.24, 2.45) is 5.92 Å². The summed E-state index contributed by atoms with van der Waals surface area (Å²) in [7, 11) is 0. The second kappa shape index (κ2) is 4.53. The van der Waals surface area contributed by atoms with Crippen LogP contribution in [0.4, 0.5) is 10.2 Å². The van der Waals surface area contributed by atoms with Crippen molar-refractivity contribution in [1.82, 2.24) is 9.55 Å². The van der Waals surface area contributed by atoms with Gasteiger partial charge in [0, 0.05) is 18.5 Å². The number of nitrogens with zero attached hydrogens (tertiary/aromatic N) is 2. The van der Waals surface area contributed by atoms with Crippen molar-refractivity contribution in [3.05, 3.63) is 34.9 Å². The zero-order valence-corrected chi connectivity index (χ0v) is 11.4. The smallest absolute Gasteiger partial charge is 0.141 e. The molecule has 1 aliphatic heterocycles. The fraction of sp³-hybridized carbons (Fsp3) is 0.357. The number of anilines is 1. The minimum absolute atomic E-state index is 0.0937. The summed E-state index contributed by atoms with van der Waals surface area (Å²) in [6, 6.07) is 4.58. The number of halogens is 2. The van der Waals surface area contributed by atoms with Gasteiger partial charge < -0.3 is 10.3 Å². The predicted octanol–water partition coefficient (Wildman–Crippen LogP) is 3.51. The molecule has 1 aromatic heterocycles. The van der Waals surface area contributed by atoms with Gasteiger partial charge in [0.05, 0.1) is 5.02 Å². The van der Waals surface area contributed by atoms with Gasteiger partial charge in [0.1, 0.15) is 23.2 Å². The van der Waals surface area contributed by atoms with Gasteiger partial charge in [-0.15, -0.1) is 0 Å². The van der Waals surface area contributed by atoms with Gasteiger partial charge in [-0.1, -0.05) is 18.5 Å². The van der Waals surface area contributed by atoms with E-state index < -0.39 is 5.82 Å². The van der Waals surface area contributed by atoms with Crippen LogP contribution in [0.3, 0.4) is 0 Å². The summed E-state index contributed by atoms with van der Waals surface area (Å²) in [5.41, 5.74) is 7.62. The number of hydrogen-bond donors (Lipinski definition) is 1. The first kappa shape index (κ1) is 12.5. The quantitative estimate of drug-likeness (QED) is 0.868. The van der Waals surface area contributed by atoms with Crippen LogP contribution in [0.2, 0.25) is 5.02 Å². The van der Waals surface area contributed by atoms with E-state index in [-0.39, 0.29) is 5.02 Å². The molecular weight excluding hydrogens is 265 g/mol. The number of imidazole rings is 1. The second-order valence-corrected chi connectivity index (χ2v) is 5.55. The highest BCUT2D eigenvalue weighted by molar-refractivity contribution is 6.31. The maximum Gasteiger partial charge on any atom is 0.141 e. The molecule has 0 aliphatic carbocycles. The van der Waals surface area contributed by atoms with Gasteiger partial charge in [-0.3, -0.25) is 0 Å². The second-order valence-electron chi connectivity index (χ2n) is 5.14. The molecule has 0 saturated heterocycles. The summed E-state index contributed by atoms with van der Waals surface area (Å²) in [5, 5.41) is 0.0937. The molecule has 1 atom stereocenters. The molecule has 1 aromatic carbocycles. The van der Waals surface area contributed by atoms with Crippen LogP contribution in [0.1, 0.15) is 19.2 Å². The Bertz CT molecular complexity index is 636. The number of aromatic nitrogens is 2. The highest BCUT2D eigenvalue weighted by Gasteiger charge is 2.22. The molecule has 1 aliphatic rings. The highest BCUT2D eigenvalue weighted by atomic mass is 35.5. The van der Waals surface area contributed by atoms with Gasteiger partial charge in [-0.25, -0.2) is 9.37 Å². The minimum Gasteiger partial charge on any atom is -0.383 e. The first-order valence-electron chi connectivity index (χ1n) is 6.36. The van der Waals surface area contributed by atoms with Crippen molar-refractivity contribution < 1.29 is 4.39 Å². The van der Waals surface area contributed by atoms with Crippen molar-refractivity contribution in [1.29, 1.82) is 0 Å². The summed E-state index contributed by atoms with van der Waals surface area (Å²) < 4.78 is 15.3. The summed E-state index contributed by atoms with van der Waals surface area (Å²) in [6.07, 6.45) is 2.04. The lowest BCUT2D eigenvalue weighted by Gasteiger charge is -2.20. The Morgan fingerprint density at radius 2 is 2.26 bits per heavy atom. The van der Waals surface area contributed by atoms with Crippen LogP contribution in [-0.4, -0.2) is 9.55 Å². The molecule has 100 valence electrons. The normalized spacial score (nSPS) is 18.4. The summed E-state index contributed by atoms with van der Waals surface area (Å²) >= 11 is 5.82. The highest BCUT2D eigenvalue weighted by Crippen LogP contribution is 2.32. The third-order valence-corrected chi connectivity index (χ3v) is 3.95. The molecule has 2 N–H and O–H groups in total. The van der Waals surface area contributed by atoms with Crippen LogP contribution in [0, 0.1) is 11.7 Å². The molecule has 0 amide bonds. The number of nitrogens with two attached hydrogens (primary N) is 1. The van der Waals surface area contributed by atoms with Crippen molar-refractivity contribution in [3.8, 4) is 11.3 Å². The Labute approximate surface area is 116 Å². The van der Waals surface area contributed by atoms with Crippen molar-refractivity contribution in [2.45, 2.75) is 26.3 Å². The molecule has 0 spiro atoms. The largest absolute Gasteiger partial charge is 0.383 e. The molecule has 0 radical (unpaired) electrons. The zero-order chi connectivity index (χ0) is 13.6. The van der Waals surface area contributed by atoms with Crippen molar-refractivity contribution >= 4 is 17.4 Å². The van der Waals surface area contributed by atoms with Crippen LogP contribution < -0.4 is 5.73 Å². The van der Waals surface area contributed by atoms with Gasteiger partial charge >= 0.3 is 0 Å². The van der Waals surface area contributed by atoms with Crippen LogP contribution in [0.15, 0.2) is 18.2 Å². The molecule has 1 unspecified atom stereocenters. The number of nitrogen functional groups attached to an aromatic ring is 1. The average Bonchev–Trinajstić information content (AvgIpc) is 2.70. The molecule has 2 aromatic rings. The van der Waals surface area contributed by atoms with E-state index in [9.17, 15) is 4.39 Å². The van der Waals surface area contributed by atoms with Gasteiger partial charge in [-0.2, -0.15) is 0 Å². The van der Waals surface area contributed by atoms with E-state index in [4.69, 9.17) is 17.3 Å². The maximum absolute atomic E-state index is 13.2. The topological polar surface area (TPSA) is 43.8 Å². The number of hydrogen-bond acceptors (Lipinski definition) is 2. The summed E-state index contributed by atoms with van der Waals surface area (Å²) in [6.45, 7) is 3.10. The van der Waals surface area contributed by atoms with E-state index in [1.54, 1.807) is 12.1 Å². The maximum atomic E-state index is 13.2. The van der Waals surface area contributed by atoms with Crippen LogP contribution >= 0.6 is 11.6 Å². The Morgan fingerprint density at radius 1 is 1.47 bits per heavy atom. The van der Waals surface area contributed by atoms with Gasteiger partial charge in [-0.05, 0) is 30.5 Å². The van der Waals surface area contributed by atoms with Gasteiger partial charge in [0.2, 0.25) is 0 Å². The Balaban J connectivity index is 2.08. The van der Waals surface area contributed by atoms with E-state index in [1.165, 1.54) is 6.07 Å². The average molecular weight is 280 g/mol. The molecule has 2 heterocycles. The molecule has 3 rings (SSSR count). The SMILES string of the molecule is CC1CCn2c(nc(-c3ccc(F)c(Cl)c3)c2N)C1. The fourth-order valence-corrected chi connectivity index (χ4v) is 2.72. The van der Waals surface area contributed by atoms with Crippen LogP contribution in [0.25, 0.3) is 11.3 Å². The first-order valence-corrected chi connectivity index (χ1v) is 6.74. The number of benzene rings is 1. The van der Waals surface area contributed by atoms with E-state index in [0.29, 0.717) is 17.4 Å². The lowest BCUT2D eigenvalue weighted by atomic mass is 10.0. The molecular formula is C14H15ClFN3. The fourth-order valence-electron chi connectivity index (χ4n) is 2.54. The van der Waals surface area contributed by atoms with Crippen molar-refractivity contribution in [3.63, 3.8) is 0 Å². The Hall–Kier alpha value is -1.55. The zero-order valence-electron chi connectivity index (χ0n) is 10.7. The third-order valence-electron chi connectivity index (χ3n) is 3.66. The summed E-state index contributed by atoms with van der Waals surface area (Å²) in [4.78, 5) is 4.60. The Kier molecular flexibility index (Phi) is 2.97. The predicted molar refractivity (Wildman–Crippen MR) is 74.5 cm³/mol. The lowest BCUT2D eigenvalue weighted by molar-refractivity contribution is 0.412. The number of rotatable bonds is 1. The molecule has 3 nitrogen and oxygen atoms in total. The first-order chi connectivity index (χ1) is 9.06. The summed E-state index contributed by atoms with van der Waals surface area (Å²) in [5.74, 6) is 1.84. The molecule has 19 heavy (non-hydrogen) atoms. The lowest BCUT2D eigenvalue weighted by Crippen LogP contribution is -2.18. The van der Waals surface area contributed by atoms with E-state index in [0.717, 1.165) is 30.8 Å².